The topological polar surface area (TPSA) is 105 Å². The number of nitrogens with zero attached hydrogens (tertiary/aromatic N) is 2. The summed E-state index contributed by atoms with van der Waals surface area (Å²) in [5, 5.41) is 4.06. The van der Waals surface area contributed by atoms with Crippen LogP contribution in [-0.4, -0.2) is 32.6 Å². The molecule has 0 aliphatic carbocycles. The molecule has 0 unspecified atom stereocenters. The zero-order valence-electron chi connectivity index (χ0n) is 19.1. The highest BCUT2D eigenvalue weighted by Crippen LogP contribution is 2.38. The van der Waals surface area contributed by atoms with Gasteiger partial charge in [0.15, 0.2) is 11.5 Å². The van der Waals surface area contributed by atoms with Gasteiger partial charge in [0.1, 0.15) is 5.82 Å². The van der Waals surface area contributed by atoms with Crippen molar-refractivity contribution in [1.82, 2.24) is 25.3 Å². The Kier molecular flexibility index (Phi) is 5.18. The Labute approximate surface area is 201 Å². The molecular formula is C27H23N5O3. The Morgan fingerprint density at radius 3 is 2.74 bits per heavy atom. The maximum absolute atomic E-state index is 12.7. The Morgan fingerprint density at radius 2 is 1.86 bits per heavy atom. The maximum atomic E-state index is 12.7. The second-order valence-electron chi connectivity index (χ2n) is 8.47. The van der Waals surface area contributed by atoms with E-state index in [1.165, 1.54) is 0 Å². The summed E-state index contributed by atoms with van der Waals surface area (Å²) in [4.78, 5) is 28.8. The van der Waals surface area contributed by atoms with Gasteiger partial charge >= 0.3 is 0 Å². The standard InChI is InChI=1S/C27H23N5O3/c1-16-5-4-8-21(29-16)27-26(18-9-10-22-23(12-18)35-15-34-22)31-24(32-27)14-28-25(33)13-19-11-17-6-2-3-7-20(17)30-19/h2-12,30H,13-15H2,1H3,(H,28,33)(H,31,32). The third-order valence-corrected chi connectivity index (χ3v) is 5.93. The minimum Gasteiger partial charge on any atom is -0.454 e. The summed E-state index contributed by atoms with van der Waals surface area (Å²) >= 11 is 0. The molecule has 0 bridgehead atoms. The number of H-pyrrole nitrogens is 2. The van der Waals surface area contributed by atoms with Gasteiger partial charge in [0.2, 0.25) is 12.7 Å². The van der Waals surface area contributed by atoms with Gasteiger partial charge in [-0.15, -0.1) is 0 Å². The summed E-state index contributed by atoms with van der Waals surface area (Å²) < 4.78 is 11.0. The number of rotatable bonds is 6. The van der Waals surface area contributed by atoms with Crippen molar-refractivity contribution in [2.24, 2.45) is 0 Å². The molecule has 35 heavy (non-hydrogen) atoms. The molecule has 8 nitrogen and oxygen atoms in total. The molecule has 0 spiro atoms. The summed E-state index contributed by atoms with van der Waals surface area (Å²) in [6.07, 6.45) is 0.261. The van der Waals surface area contributed by atoms with E-state index in [-0.39, 0.29) is 25.7 Å². The van der Waals surface area contributed by atoms with Crippen molar-refractivity contribution in [3.63, 3.8) is 0 Å². The fourth-order valence-corrected chi connectivity index (χ4v) is 4.27. The van der Waals surface area contributed by atoms with Gasteiger partial charge in [-0.1, -0.05) is 24.3 Å². The van der Waals surface area contributed by atoms with Crippen LogP contribution in [0.3, 0.4) is 0 Å². The van der Waals surface area contributed by atoms with Gasteiger partial charge < -0.3 is 24.8 Å². The minimum absolute atomic E-state index is 0.0900. The number of carbonyl (C=O) groups is 1. The van der Waals surface area contributed by atoms with Crippen LogP contribution in [0.25, 0.3) is 33.5 Å². The van der Waals surface area contributed by atoms with Crippen molar-refractivity contribution in [1.29, 1.82) is 0 Å². The molecule has 8 heteroatoms. The van der Waals surface area contributed by atoms with Crippen LogP contribution in [0, 0.1) is 6.92 Å². The van der Waals surface area contributed by atoms with Crippen molar-refractivity contribution < 1.29 is 14.3 Å². The summed E-state index contributed by atoms with van der Waals surface area (Å²) in [6.45, 7) is 2.42. The number of carbonyl (C=O) groups excluding carboxylic acids is 1. The zero-order valence-corrected chi connectivity index (χ0v) is 19.1. The molecule has 0 radical (unpaired) electrons. The van der Waals surface area contributed by atoms with E-state index in [9.17, 15) is 4.79 Å². The molecule has 0 saturated heterocycles. The van der Waals surface area contributed by atoms with E-state index < -0.39 is 0 Å². The molecule has 2 aromatic carbocycles. The molecule has 3 aromatic heterocycles. The average Bonchev–Trinajstić information content (AvgIpc) is 3.59. The number of hydrogen-bond acceptors (Lipinski definition) is 5. The summed E-state index contributed by atoms with van der Waals surface area (Å²) in [7, 11) is 0. The fraction of sp³-hybridized carbons (Fsp3) is 0.148. The number of benzene rings is 2. The van der Waals surface area contributed by atoms with Gasteiger partial charge in [-0.05, 0) is 54.8 Å². The fourth-order valence-electron chi connectivity index (χ4n) is 4.27. The first-order valence-corrected chi connectivity index (χ1v) is 11.4. The van der Waals surface area contributed by atoms with E-state index in [2.05, 4.69) is 20.3 Å². The Hall–Kier alpha value is -4.59. The van der Waals surface area contributed by atoms with E-state index in [4.69, 9.17) is 14.5 Å². The van der Waals surface area contributed by atoms with Crippen LogP contribution in [0.2, 0.25) is 0 Å². The number of aromatic amines is 2. The summed E-state index contributed by atoms with van der Waals surface area (Å²) in [5.41, 5.74) is 5.97. The number of hydrogen-bond donors (Lipinski definition) is 3. The highest BCUT2D eigenvalue weighted by Gasteiger charge is 2.20. The maximum Gasteiger partial charge on any atom is 0.231 e. The quantitative estimate of drug-likeness (QED) is 0.342. The lowest BCUT2D eigenvalue weighted by molar-refractivity contribution is -0.120. The largest absolute Gasteiger partial charge is 0.454 e. The Morgan fingerprint density at radius 1 is 0.971 bits per heavy atom. The number of aryl methyl sites for hydroxylation is 1. The van der Waals surface area contributed by atoms with Crippen LogP contribution in [0.4, 0.5) is 0 Å². The van der Waals surface area contributed by atoms with Crippen molar-refractivity contribution in [3.05, 3.63) is 83.9 Å². The number of fused-ring (bicyclic) bond motifs is 2. The van der Waals surface area contributed by atoms with Crippen LogP contribution < -0.4 is 14.8 Å². The number of pyridine rings is 1. The number of aromatic nitrogens is 4. The molecule has 0 fully saturated rings. The second-order valence-corrected chi connectivity index (χ2v) is 8.47. The molecule has 4 heterocycles. The van der Waals surface area contributed by atoms with Crippen molar-refractivity contribution >= 4 is 16.8 Å². The van der Waals surface area contributed by atoms with E-state index in [1.807, 2.05) is 73.7 Å². The van der Waals surface area contributed by atoms with Crippen LogP contribution in [0.1, 0.15) is 17.2 Å². The second kappa shape index (κ2) is 8.64. The van der Waals surface area contributed by atoms with E-state index in [0.29, 0.717) is 17.3 Å². The highest BCUT2D eigenvalue weighted by atomic mass is 16.7. The summed E-state index contributed by atoms with van der Waals surface area (Å²) in [5.74, 6) is 1.94. The Balaban J connectivity index is 1.25. The van der Waals surface area contributed by atoms with E-state index in [1.54, 1.807) is 0 Å². The number of imidazole rings is 1. The van der Waals surface area contributed by atoms with Crippen LogP contribution in [-0.2, 0) is 17.8 Å². The van der Waals surface area contributed by atoms with Gasteiger partial charge in [-0.3, -0.25) is 9.78 Å². The van der Waals surface area contributed by atoms with Gasteiger partial charge in [0.25, 0.3) is 0 Å². The third kappa shape index (κ3) is 4.21. The highest BCUT2D eigenvalue weighted by molar-refractivity contribution is 5.84. The molecule has 1 aliphatic heterocycles. The molecule has 0 atom stereocenters. The lowest BCUT2D eigenvalue weighted by atomic mass is 10.1. The lowest BCUT2D eigenvalue weighted by Gasteiger charge is -2.04. The normalized spacial score (nSPS) is 12.3. The van der Waals surface area contributed by atoms with E-state index in [0.717, 1.165) is 44.9 Å². The Bertz CT molecular complexity index is 1520. The smallest absolute Gasteiger partial charge is 0.231 e. The first-order valence-electron chi connectivity index (χ1n) is 11.4. The number of ether oxygens (including phenoxy) is 2. The molecule has 174 valence electrons. The lowest BCUT2D eigenvalue weighted by Crippen LogP contribution is -2.25. The van der Waals surface area contributed by atoms with Gasteiger partial charge in [-0.2, -0.15) is 0 Å². The molecule has 1 aliphatic rings. The zero-order chi connectivity index (χ0) is 23.8. The number of nitrogens with one attached hydrogen (secondary N) is 3. The van der Waals surface area contributed by atoms with Crippen molar-refractivity contribution in [2.75, 3.05) is 6.79 Å². The molecule has 5 aromatic rings. The van der Waals surface area contributed by atoms with Crippen molar-refractivity contribution in [2.45, 2.75) is 19.9 Å². The number of amides is 1. The average molecular weight is 466 g/mol. The minimum atomic E-state index is -0.0900. The predicted molar refractivity (Wildman–Crippen MR) is 132 cm³/mol. The number of para-hydroxylation sites is 1. The summed E-state index contributed by atoms with van der Waals surface area (Å²) in [6, 6.07) is 21.6. The van der Waals surface area contributed by atoms with Gasteiger partial charge in [0.05, 0.1) is 30.0 Å². The van der Waals surface area contributed by atoms with Crippen LogP contribution in [0.15, 0.2) is 66.7 Å². The SMILES string of the molecule is Cc1cccc(-c2[nH]c(CNC(=O)Cc3cc4ccccc4[nH]3)nc2-c2ccc3c(c2)OCO3)n1. The first kappa shape index (κ1) is 21.0. The predicted octanol–water partition coefficient (Wildman–Crippen LogP) is 4.52. The monoisotopic (exact) mass is 465 g/mol. The van der Waals surface area contributed by atoms with Gasteiger partial charge in [-0.25, -0.2) is 4.98 Å². The molecule has 3 N–H and O–H groups in total. The molecule has 1 amide bonds. The molecule has 6 rings (SSSR count). The van der Waals surface area contributed by atoms with Crippen molar-refractivity contribution in [3.8, 4) is 34.1 Å². The van der Waals surface area contributed by atoms with Crippen LogP contribution >= 0.6 is 0 Å². The van der Waals surface area contributed by atoms with Gasteiger partial charge in [0, 0.05) is 22.5 Å². The molecular weight excluding hydrogens is 442 g/mol. The third-order valence-electron chi connectivity index (χ3n) is 5.93. The van der Waals surface area contributed by atoms with Crippen LogP contribution in [0.5, 0.6) is 11.5 Å². The van der Waals surface area contributed by atoms with E-state index >= 15 is 0 Å². The molecule has 0 saturated carbocycles. The first-order chi connectivity index (χ1) is 17.1.